The molecule has 0 bridgehead atoms. The molecule has 1 aliphatic rings. The van der Waals surface area contributed by atoms with Crippen LogP contribution in [0.5, 0.6) is 0 Å². The molecular formula is C24H23Cl2N2O5S3+. The van der Waals surface area contributed by atoms with E-state index in [1.165, 1.54) is 11.3 Å². The molecule has 2 N–H and O–H groups in total. The van der Waals surface area contributed by atoms with Crippen LogP contribution in [-0.4, -0.2) is 35.8 Å². The van der Waals surface area contributed by atoms with Crippen molar-refractivity contribution < 1.29 is 27.4 Å². The molecule has 3 aromatic rings. The number of fused-ring (bicyclic) bond motifs is 2. The fourth-order valence-electron chi connectivity index (χ4n) is 3.91. The Morgan fingerprint density at radius 1 is 1.17 bits per heavy atom. The Kier molecular flexibility index (Phi) is 8.04. The number of benzene rings is 2. The van der Waals surface area contributed by atoms with Crippen LogP contribution in [-0.2, 0) is 21.5 Å². The summed E-state index contributed by atoms with van der Waals surface area (Å²) in [6.07, 6.45) is 4.66. The van der Waals surface area contributed by atoms with Crippen LogP contribution in [0.25, 0.3) is 16.3 Å². The Bertz CT molecular complexity index is 1520. The largest absolute Gasteiger partial charge is 0.480 e. The van der Waals surface area contributed by atoms with Crippen LogP contribution < -0.4 is 9.47 Å². The molecule has 4 rings (SSSR count). The maximum Gasteiger partial charge on any atom is 0.331 e. The molecule has 2 aromatic carbocycles. The molecule has 36 heavy (non-hydrogen) atoms. The van der Waals surface area contributed by atoms with E-state index in [1.807, 2.05) is 31.2 Å². The molecule has 1 unspecified atom stereocenters. The highest BCUT2D eigenvalue weighted by Crippen LogP contribution is 2.47. The van der Waals surface area contributed by atoms with Gasteiger partial charge in [-0.15, -0.1) is 0 Å². The van der Waals surface area contributed by atoms with Gasteiger partial charge in [0.15, 0.2) is 6.54 Å². The molecule has 0 aliphatic carbocycles. The molecule has 0 saturated heterocycles. The number of halogens is 2. The Balaban J connectivity index is 1.81. The van der Waals surface area contributed by atoms with Crippen molar-refractivity contribution in [2.75, 3.05) is 11.4 Å². The minimum atomic E-state index is -4.84. The van der Waals surface area contributed by atoms with E-state index in [0.717, 1.165) is 32.4 Å². The number of hydrogen-bond acceptors (Lipinski definition) is 6. The molecule has 7 nitrogen and oxygen atoms in total. The van der Waals surface area contributed by atoms with Crippen molar-refractivity contribution in [2.24, 2.45) is 0 Å². The van der Waals surface area contributed by atoms with E-state index in [2.05, 4.69) is 17.9 Å². The summed E-state index contributed by atoms with van der Waals surface area (Å²) in [4.78, 5) is 15.0. The molecule has 1 atom stereocenters. The minimum absolute atomic E-state index is 0.429. The normalized spacial score (nSPS) is 16.1. The summed E-state index contributed by atoms with van der Waals surface area (Å²) in [6, 6.07) is 11.0. The SMILES string of the molecule is CCC(=Cc1sc2ccc(Cl)cc2[n+]1CC(C(=O)O)S(=O)(=O)O)C=C1Sc2ccc(Cl)cc2N1CC. The molecule has 0 saturated carbocycles. The van der Waals surface area contributed by atoms with E-state index in [0.29, 0.717) is 27.0 Å². The van der Waals surface area contributed by atoms with Crippen LogP contribution in [0.15, 0.2) is 58.0 Å². The van der Waals surface area contributed by atoms with Crippen LogP contribution in [0, 0.1) is 0 Å². The summed E-state index contributed by atoms with van der Waals surface area (Å²) in [6.45, 7) is 4.35. The van der Waals surface area contributed by atoms with Gasteiger partial charge in [0.05, 0.1) is 10.7 Å². The molecule has 12 heteroatoms. The second kappa shape index (κ2) is 10.7. The fraction of sp³-hybridized carbons (Fsp3) is 0.250. The van der Waals surface area contributed by atoms with Crippen LogP contribution in [0.3, 0.4) is 0 Å². The number of thiazole rings is 1. The third-order valence-electron chi connectivity index (χ3n) is 5.71. The van der Waals surface area contributed by atoms with Crippen LogP contribution >= 0.6 is 46.3 Å². The number of allylic oxidation sites excluding steroid dienone is 2. The Labute approximate surface area is 227 Å². The molecule has 2 heterocycles. The number of rotatable bonds is 8. The number of aromatic nitrogens is 1. The monoisotopic (exact) mass is 585 g/mol. The predicted octanol–water partition coefficient (Wildman–Crippen LogP) is 6.10. The van der Waals surface area contributed by atoms with Crippen molar-refractivity contribution in [3.8, 4) is 0 Å². The molecule has 0 fully saturated rings. The maximum atomic E-state index is 11.8. The summed E-state index contributed by atoms with van der Waals surface area (Å²) in [5.74, 6) is -1.63. The van der Waals surface area contributed by atoms with Crippen molar-refractivity contribution in [3.63, 3.8) is 0 Å². The first-order valence-electron chi connectivity index (χ1n) is 11.0. The standard InChI is InChI=1S/C24H22Cl2N2O5S3/c1-3-14(9-22-27(4-2)17-11-15(25)5-7-19(17)34-22)10-23-28(13-21(24(29)30)36(31,32)33)18-12-16(26)6-8-20(18)35-23/h5-12,21H,3-4,13H2,1-2H3,(H-,29,30,31,32,33)/p+1. The smallest absolute Gasteiger partial charge is 0.331 e. The van der Waals surface area contributed by atoms with Gasteiger partial charge in [-0.1, -0.05) is 53.2 Å². The summed E-state index contributed by atoms with van der Waals surface area (Å²) in [7, 11) is -4.84. The lowest BCUT2D eigenvalue weighted by Gasteiger charge is -2.18. The Hall–Kier alpha value is -2.08. The number of aliphatic carboxylic acids is 1. The zero-order valence-corrected chi connectivity index (χ0v) is 23.3. The Morgan fingerprint density at radius 2 is 1.86 bits per heavy atom. The van der Waals surface area contributed by atoms with E-state index in [9.17, 15) is 22.9 Å². The van der Waals surface area contributed by atoms with Gasteiger partial charge >= 0.3 is 5.97 Å². The summed E-state index contributed by atoms with van der Waals surface area (Å²) < 4.78 is 35.6. The fourth-order valence-corrected chi connectivity index (χ4v) is 7.14. The van der Waals surface area contributed by atoms with E-state index < -0.39 is 27.9 Å². The highest BCUT2D eigenvalue weighted by atomic mass is 35.5. The van der Waals surface area contributed by atoms with Gasteiger partial charge in [-0.25, -0.2) is 0 Å². The lowest BCUT2D eigenvalue weighted by atomic mass is 10.2. The summed E-state index contributed by atoms with van der Waals surface area (Å²) in [5.41, 5.74) is 2.59. The van der Waals surface area contributed by atoms with E-state index >= 15 is 0 Å². The number of carboxylic acids is 1. The van der Waals surface area contributed by atoms with Crippen LogP contribution in [0.1, 0.15) is 25.3 Å². The first kappa shape index (κ1) is 27.0. The molecule has 0 amide bonds. The minimum Gasteiger partial charge on any atom is -0.480 e. The number of thioether (sulfide) groups is 1. The number of nitrogens with zero attached hydrogens (tertiary/aromatic N) is 2. The maximum absolute atomic E-state index is 11.8. The van der Waals surface area contributed by atoms with Crippen molar-refractivity contribution in [1.82, 2.24) is 0 Å². The Morgan fingerprint density at radius 3 is 2.50 bits per heavy atom. The third-order valence-corrected chi connectivity index (χ3v) is 9.48. The molecular weight excluding hydrogens is 563 g/mol. The first-order chi connectivity index (χ1) is 17.0. The van der Waals surface area contributed by atoms with E-state index in [-0.39, 0.29) is 0 Å². The predicted molar refractivity (Wildman–Crippen MR) is 147 cm³/mol. The average molecular weight is 587 g/mol. The van der Waals surface area contributed by atoms with Gasteiger partial charge in [-0.2, -0.15) is 13.0 Å². The van der Waals surface area contributed by atoms with Gasteiger partial charge in [0, 0.05) is 33.6 Å². The number of carbonyl (C=O) groups is 1. The lowest BCUT2D eigenvalue weighted by molar-refractivity contribution is -0.666. The molecule has 1 aliphatic heterocycles. The molecule has 0 radical (unpaired) electrons. The second-order valence-electron chi connectivity index (χ2n) is 8.02. The van der Waals surface area contributed by atoms with Crippen molar-refractivity contribution in [1.29, 1.82) is 0 Å². The number of carboxylic acid groups (broad SMARTS) is 1. The first-order valence-corrected chi connectivity index (χ1v) is 14.9. The zero-order valence-electron chi connectivity index (χ0n) is 19.3. The van der Waals surface area contributed by atoms with E-state index in [1.54, 1.807) is 34.5 Å². The van der Waals surface area contributed by atoms with Gasteiger partial charge < -0.3 is 10.0 Å². The quantitative estimate of drug-likeness (QED) is 0.243. The number of hydrogen-bond donors (Lipinski definition) is 2. The van der Waals surface area contributed by atoms with Crippen LogP contribution in [0.2, 0.25) is 10.0 Å². The van der Waals surface area contributed by atoms with Gasteiger partial charge in [0.1, 0.15) is 4.70 Å². The zero-order chi connectivity index (χ0) is 26.2. The van der Waals surface area contributed by atoms with Gasteiger partial charge in [-0.05, 0) is 55.3 Å². The highest BCUT2D eigenvalue weighted by Gasteiger charge is 2.37. The van der Waals surface area contributed by atoms with Gasteiger partial charge in [0.2, 0.25) is 10.8 Å². The molecule has 1 aromatic heterocycles. The summed E-state index contributed by atoms with van der Waals surface area (Å²) >= 11 is 15.4. The molecule has 190 valence electrons. The average Bonchev–Trinajstić information content (AvgIpc) is 3.31. The topological polar surface area (TPSA) is 98.8 Å². The molecule has 0 spiro atoms. The van der Waals surface area contributed by atoms with Crippen LogP contribution in [0.4, 0.5) is 5.69 Å². The summed E-state index contributed by atoms with van der Waals surface area (Å²) in [5, 5.41) is 10.2. The number of anilines is 1. The van der Waals surface area contributed by atoms with Crippen molar-refractivity contribution in [2.45, 2.75) is 37.0 Å². The highest BCUT2D eigenvalue weighted by molar-refractivity contribution is 8.03. The third kappa shape index (κ3) is 5.58. The van der Waals surface area contributed by atoms with Crippen molar-refractivity contribution in [3.05, 3.63) is 68.1 Å². The van der Waals surface area contributed by atoms with Gasteiger partial charge in [0.25, 0.3) is 15.1 Å². The van der Waals surface area contributed by atoms with Crippen molar-refractivity contribution >= 4 is 84.4 Å². The van der Waals surface area contributed by atoms with E-state index in [4.69, 9.17) is 23.2 Å². The van der Waals surface area contributed by atoms with Gasteiger partial charge in [-0.3, -0.25) is 9.35 Å². The second-order valence-corrected chi connectivity index (χ2v) is 12.6. The lowest BCUT2D eigenvalue weighted by Crippen LogP contribution is -2.47.